The molecule has 0 aromatic heterocycles. The fraction of sp³-hybridized carbons (Fsp3) is 0.611. The molecule has 0 unspecified atom stereocenters. The molecular formula is C36H53N5O6. The minimum atomic E-state index is -0.894. The van der Waals surface area contributed by atoms with Crippen LogP contribution in [0.3, 0.4) is 0 Å². The van der Waals surface area contributed by atoms with Gasteiger partial charge >= 0.3 is 0 Å². The Morgan fingerprint density at radius 2 is 1.96 bits per heavy atom. The summed E-state index contributed by atoms with van der Waals surface area (Å²) in [5, 5.41) is 28.9. The van der Waals surface area contributed by atoms with Crippen molar-refractivity contribution in [1.29, 1.82) is 0 Å². The molecule has 2 amide bonds. The van der Waals surface area contributed by atoms with Crippen LogP contribution in [0.2, 0.25) is 0 Å². The highest BCUT2D eigenvalue weighted by molar-refractivity contribution is 5.97. The molecule has 0 radical (unpaired) electrons. The maximum Gasteiger partial charge on any atom is 0.251 e. The molecule has 1 saturated heterocycles. The average Bonchev–Trinajstić information content (AvgIpc) is 3.42. The lowest BCUT2D eigenvalue weighted by Gasteiger charge is -2.62. The summed E-state index contributed by atoms with van der Waals surface area (Å²) in [6.07, 6.45) is 0.494. The number of carbonyl (C=O) groups is 2. The van der Waals surface area contributed by atoms with Crippen molar-refractivity contribution in [3.8, 4) is 16.9 Å². The normalized spacial score (nSPS) is 28.7. The Morgan fingerprint density at radius 1 is 1.21 bits per heavy atom. The molecule has 8 atom stereocenters. The standard InChI is InChI=1S/C36H53N5O6/c1-20-28-16-25(36(28,3)4)17-29(20)39-35(45)32-31(21(2)43)30(19-42)47-41(32)18-22-9-8-10-27(33(22)46-7)23-13-24(34(44)38-12-11-37)15-26(14-23)40(5)6/h8-10,13-15,20-21,25,28-32,42-43H,11-12,16-19,37H2,1-7H3,(H,38,44)(H,39,45)/t20-,21-,25+,28-,29-,30-,31-,32-/m0/s1. The first kappa shape index (κ1) is 35.1. The number of carbonyl (C=O) groups excluding carboxylic acids is 2. The van der Waals surface area contributed by atoms with Crippen molar-refractivity contribution in [1.82, 2.24) is 15.7 Å². The van der Waals surface area contributed by atoms with Gasteiger partial charge in [0, 0.05) is 61.5 Å². The van der Waals surface area contributed by atoms with Crippen molar-refractivity contribution >= 4 is 17.5 Å². The number of ether oxygens (including phenoxy) is 1. The van der Waals surface area contributed by atoms with E-state index in [2.05, 4.69) is 31.4 Å². The SMILES string of the molecule is COc1c(CN2O[C@@H](CO)[C@H]([C@H](C)O)[C@H]2C(=O)N[C@H]2C[C@H]3C[C@@H]([C@@H]2C)C3(C)C)cccc1-c1cc(C(=O)NCCN)cc(N(C)C)c1. The van der Waals surface area contributed by atoms with Crippen molar-refractivity contribution in [3.63, 3.8) is 0 Å². The molecule has 3 aliphatic carbocycles. The summed E-state index contributed by atoms with van der Waals surface area (Å²) in [5.74, 6) is 0.991. The van der Waals surface area contributed by atoms with E-state index < -0.39 is 24.2 Å². The van der Waals surface area contributed by atoms with Crippen molar-refractivity contribution in [3.05, 3.63) is 47.5 Å². The van der Waals surface area contributed by atoms with Gasteiger partial charge in [0.25, 0.3) is 5.91 Å². The first-order chi connectivity index (χ1) is 22.3. The predicted molar refractivity (Wildman–Crippen MR) is 182 cm³/mol. The van der Waals surface area contributed by atoms with Crippen LogP contribution >= 0.6 is 0 Å². The van der Waals surface area contributed by atoms with Crippen LogP contribution in [0.5, 0.6) is 5.75 Å². The van der Waals surface area contributed by atoms with Gasteiger partial charge in [-0.2, -0.15) is 5.06 Å². The fourth-order valence-electron chi connectivity index (χ4n) is 8.27. The first-order valence-corrected chi connectivity index (χ1v) is 16.8. The summed E-state index contributed by atoms with van der Waals surface area (Å²) in [6, 6.07) is 10.6. The van der Waals surface area contributed by atoms with Gasteiger partial charge in [0.15, 0.2) is 0 Å². The molecule has 2 bridgehead atoms. The van der Waals surface area contributed by atoms with Gasteiger partial charge in [-0.25, -0.2) is 0 Å². The number of aliphatic hydroxyl groups excluding tert-OH is 2. The summed E-state index contributed by atoms with van der Waals surface area (Å²) in [5.41, 5.74) is 9.54. The van der Waals surface area contributed by atoms with Gasteiger partial charge < -0.3 is 36.2 Å². The van der Waals surface area contributed by atoms with Gasteiger partial charge in [-0.1, -0.05) is 39.0 Å². The molecule has 1 heterocycles. The number of methoxy groups -OCH3 is 1. The number of amides is 2. The molecule has 47 heavy (non-hydrogen) atoms. The summed E-state index contributed by atoms with van der Waals surface area (Å²) in [4.78, 5) is 35.2. The van der Waals surface area contributed by atoms with Crippen LogP contribution in [-0.4, -0.2) is 92.3 Å². The zero-order valence-electron chi connectivity index (χ0n) is 28.8. The largest absolute Gasteiger partial charge is 0.496 e. The smallest absolute Gasteiger partial charge is 0.251 e. The highest BCUT2D eigenvalue weighted by Gasteiger charge is 2.57. The van der Waals surface area contributed by atoms with Gasteiger partial charge in [-0.3, -0.25) is 14.4 Å². The van der Waals surface area contributed by atoms with E-state index in [0.29, 0.717) is 42.2 Å². The van der Waals surface area contributed by atoms with E-state index >= 15 is 0 Å². The number of hydroxylamine groups is 2. The number of para-hydroxylation sites is 1. The molecule has 3 saturated carbocycles. The Morgan fingerprint density at radius 3 is 2.55 bits per heavy atom. The monoisotopic (exact) mass is 651 g/mol. The van der Waals surface area contributed by atoms with Crippen LogP contribution in [0.1, 0.15) is 56.5 Å². The number of nitrogens with two attached hydrogens (primary N) is 1. The fourth-order valence-corrected chi connectivity index (χ4v) is 8.27. The molecule has 11 heteroatoms. The van der Waals surface area contributed by atoms with Crippen molar-refractivity contribution < 1.29 is 29.4 Å². The number of benzene rings is 2. The molecule has 1 aliphatic heterocycles. The second kappa shape index (κ2) is 14.1. The molecular weight excluding hydrogens is 598 g/mol. The summed E-state index contributed by atoms with van der Waals surface area (Å²) in [6.45, 7) is 9.07. The van der Waals surface area contributed by atoms with E-state index in [1.165, 1.54) is 6.42 Å². The molecule has 4 aliphatic rings. The van der Waals surface area contributed by atoms with E-state index in [9.17, 15) is 19.8 Å². The van der Waals surface area contributed by atoms with Crippen LogP contribution in [0.25, 0.3) is 11.1 Å². The van der Waals surface area contributed by atoms with E-state index in [0.717, 1.165) is 28.8 Å². The highest BCUT2D eigenvalue weighted by atomic mass is 16.7. The molecule has 6 N–H and O–H groups in total. The van der Waals surface area contributed by atoms with Crippen molar-refractivity contribution in [2.24, 2.45) is 34.8 Å². The van der Waals surface area contributed by atoms with E-state index in [-0.39, 0.29) is 36.4 Å². The lowest BCUT2D eigenvalue weighted by Crippen LogP contribution is -2.62. The maximum absolute atomic E-state index is 14.1. The van der Waals surface area contributed by atoms with Gasteiger partial charge in [-0.05, 0) is 66.7 Å². The van der Waals surface area contributed by atoms with Crippen LogP contribution in [0, 0.1) is 29.1 Å². The number of anilines is 1. The Balaban J connectivity index is 1.46. The molecule has 2 aromatic rings. The number of hydrogen-bond donors (Lipinski definition) is 5. The third kappa shape index (κ3) is 6.73. The number of aliphatic hydroxyl groups is 2. The van der Waals surface area contributed by atoms with Gasteiger partial charge in [-0.15, -0.1) is 0 Å². The van der Waals surface area contributed by atoms with Crippen LogP contribution in [0.4, 0.5) is 5.69 Å². The Kier molecular flexibility index (Phi) is 10.5. The number of hydrogen-bond acceptors (Lipinski definition) is 9. The van der Waals surface area contributed by atoms with Gasteiger partial charge in [0.05, 0.1) is 26.4 Å². The van der Waals surface area contributed by atoms with Crippen molar-refractivity contribution in [2.75, 3.05) is 45.8 Å². The molecule has 2 aromatic carbocycles. The van der Waals surface area contributed by atoms with Crippen molar-refractivity contribution in [2.45, 2.75) is 71.4 Å². The Labute approximate surface area is 278 Å². The number of nitrogens with zero attached hydrogens (tertiary/aromatic N) is 2. The average molecular weight is 652 g/mol. The zero-order chi connectivity index (χ0) is 34.2. The van der Waals surface area contributed by atoms with Crippen LogP contribution < -0.4 is 26.0 Å². The summed E-state index contributed by atoms with van der Waals surface area (Å²) >= 11 is 0. The second-order valence-electron chi connectivity index (χ2n) is 14.4. The second-order valence-corrected chi connectivity index (χ2v) is 14.4. The minimum Gasteiger partial charge on any atom is -0.496 e. The predicted octanol–water partition coefficient (Wildman–Crippen LogP) is 2.78. The van der Waals surface area contributed by atoms with Gasteiger partial charge in [0.2, 0.25) is 5.91 Å². The lowest BCUT2D eigenvalue weighted by molar-refractivity contribution is -0.183. The number of rotatable bonds is 12. The minimum absolute atomic E-state index is 0.0436. The van der Waals surface area contributed by atoms with Crippen LogP contribution in [0.15, 0.2) is 36.4 Å². The molecule has 4 fully saturated rings. The van der Waals surface area contributed by atoms with E-state index in [1.54, 1.807) is 19.1 Å². The molecule has 6 rings (SSSR count). The third-order valence-corrected chi connectivity index (χ3v) is 11.1. The van der Waals surface area contributed by atoms with E-state index in [4.69, 9.17) is 15.3 Å². The van der Waals surface area contributed by atoms with Gasteiger partial charge in [0.1, 0.15) is 17.9 Å². The number of nitrogens with one attached hydrogen (secondary N) is 2. The summed E-state index contributed by atoms with van der Waals surface area (Å²) < 4.78 is 5.99. The maximum atomic E-state index is 14.1. The lowest BCUT2D eigenvalue weighted by atomic mass is 9.45. The highest BCUT2D eigenvalue weighted by Crippen LogP contribution is 2.61. The zero-order valence-corrected chi connectivity index (χ0v) is 28.8. The first-order valence-electron chi connectivity index (χ1n) is 16.8. The number of fused-ring (bicyclic) bond motifs is 2. The quantitative estimate of drug-likeness (QED) is 0.234. The van der Waals surface area contributed by atoms with E-state index in [1.807, 2.05) is 55.4 Å². The third-order valence-electron chi connectivity index (χ3n) is 11.1. The molecule has 11 nitrogen and oxygen atoms in total. The Hall–Kier alpha value is -3.22. The van der Waals surface area contributed by atoms with Crippen LogP contribution in [-0.2, 0) is 16.2 Å². The summed E-state index contributed by atoms with van der Waals surface area (Å²) in [7, 11) is 5.42. The molecule has 258 valence electrons. The Bertz CT molecular complexity index is 1450. The molecule has 0 spiro atoms. The topological polar surface area (TPSA) is 150 Å².